The first-order valence-electron chi connectivity index (χ1n) is 12.2. The molecule has 200 valence electrons. The molecule has 1 amide bonds. The molecule has 0 aliphatic carbocycles. The van der Waals surface area contributed by atoms with Gasteiger partial charge in [0.1, 0.15) is 22.9 Å². The number of thiocarbonyl (C=S) groups is 1. The normalized spacial score (nSPS) is 14.6. The number of benzene rings is 1. The number of carbonyl (C=O) groups excluding carboxylic acids is 1. The van der Waals surface area contributed by atoms with Gasteiger partial charge in [0, 0.05) is 13.2 Å². The van der Waals surface area contributed by atoms with Crippen molar-refractivity contribution in [1.82, 2.24) is 18.7 Å². The Morgan fingerprint density at radius 3 is 2.55 bits per heavy atom. The van der Waals surface area contributed by atoms with E-state index in [-0.39, 0.29) is 38.1 Å². The van der Waals surface area contributed by atoms with Crippen molar-refractivity contribution in [2.45, 2.75) is 13.5 Å². The third-order valence-electron chi connectivity index (χ3n) is 6.60. The second-order valence-corrected chi connectivity index (χ2v) is 10.6. The molecule has 5 heterocycles. The number of para-hydroxylation sites is 1. The number of amides is 1. The summed E-state index contributed by atoms with van der Waals surface area (Å²) in [7, 11) is 1.75. The summed E-state index contributed by atoms with van der Waals surface area (Å²) < 4.78 is 10.2. The minimum atomic E-state index is -0.490. The van der Waals surface area contributed by atoms with Crippen molar-refractivity contribution in [1.29, 1.82) is 0 Å². The predicted molar refractivity (Wildman–Crippen MR) is 159 cm³/mol. The summed E-state index contributed by atoms with van der Waals surface area (Å²) in [5, 5.41) is 3.15. The molecule has 0 atom stereocenters. The van der Waals surface area contributed by atoms with Gasteiger partial charge < -0.3 is 9.73 Å². The van der Waals surface area contributed by atoms with Gasteiger partial charge in [-0.1, -0.05) is 48.2 Å². The van der Waals surface area contributed by atoms with Crippen molar-refractivity contribution in [3.8, 4) is 5.69 Å². The topological polar surface area (TPSA) is 107 Å². The summed E-state index contributed by atoms with van der Waals surface area (Å²) in [6.07, 6.45) is 4.65. The van der Waals surface area contributed by atoms with E-state index in [1.54, 1.807) is 61.4 Å². The lowest BCUT2D eigenvalue weighted by atomic mass is 10.2. The number of nitrogens with zero attached hydrogens (tertiary/aromatic N) is 5. The standard InChI is InChI=1S/C28H22N6O4S2/c1-17-23(27(37)34(31(17)2)18-9-4-3-5-10-18)33-26(36)21(40-28(33)39)15-20-24(29-16-19-11-8-14-38-19)30-22-12-6-7-13-32(22)25(20)35/h3-15,29H,16H2,1-2H3/b21-15+. The highest BCUT2D eigenvalue weighted by Gasteiger charge is 2.38. The Balaban J connectivity index is 1.43. The predicted octanol–water partition coefficient (Wildman–Crippen LogP) is 4.10. The molecule has 0 unspecified atom stereocenters. The third-order valence-corrected chi connectivity index (χ3v) is 7.90. The van der Waals surface area contributed by atoms with Gasteiger partial charge in [-0.05, 0) is 49.4 Å². The van der Waals surface area contributed by atoms with Crippen molar-refractivity contribution < 1.29 is 9.21 Å². The van der Waals surface area contributed by atoms with Gasteiger partial charge in [-0.25, -0.2) is 9.67 Å². The SMILES string of the molecule is Cc1c(N2C(=O)/C(=C\c3c(NCc4ccco4)nc4ccccn4c3=O)SC2=S)c(=O)n(-c2ccccc2)n1C. The maximum Gasteiger partial charge on any atom is 0.296 e. The van der Waals surface area contributed by atoms with E-state index in [2.05, 4.69) is 10.3 Å². The van der Waals surface area contributed by atoms with Crippen molar-refractivity contribution in [3.05, 3.63) is 116 Å². The lowest BCUT2D eigenvalue weighted by molar-refractivity contribution is -0.113. The van der Waals surface area contributed by atoms with Crippen LogP contribution in [0.5, 0.6) is 0 Å². The van der Waals surface area contributed by atoms with E-state index in [0.717, 1.165) is 11.8 Å². The fourth-order valence-electron chi connectivity index (χ4n) is 4.55. The second-order valence-electron chi connectivity index (χ2n) is 8.97. The minimum Gasteiger partial charge on any atom is -0.467 e. The average Bonchev–Trinajstić information content (AvgIpc) is 3.63. The number of thioether (sulfide) groups is 1. The Hall–Kier alpha value is -4.68. The number of pyridine rings is 1. The van der Waals surface area contributed by atoms with Crippen LogP contribution in [0.25, 0.3) is 17.4 Å². The summed E-state index contributed by atoms with van der Waals surface area (Å²) >= 11 is 6.60. The molecule has 40 heavy (non-hydrogen) atoms. The Morgan fingerprint density at radius 1 is 1.02 bits per heavy atom. The number of carbonyl (C=O) groups is 1. The average molecular weight is 571 g/mol. The Labute approximate surface area is 237 Å². The number of hydrogen-bond acceptors (Lipinski definition) is 8. The maximum atomic E-state index is 13.7. The summed E-state index contributed by atoms with van der Waals surface area (Å²) in [4.78, 5) is 46.9. The number of hydrogen-bond donors (Lipinski definition) is 1. The van der Waals surface area contributed by atoms with E-state index in [1.807, 2.05) is 30.3 Å². The van der Waals surface area contributed by atoms with Crippen LogP contribution in [0.3, 0.4) is 0 Å². The maximum absolute atomic E-state index is 13.7. The molecule has 0 bridgehead atoms. The van der Waals surface area contributed by atoms with Gasteiger partial charge in [0.15, 0.2) is 4.32 Å². The van der Waals surface area contributed by atoms with Crippen LogP contribution in [0.15, 0.2) is 92.0 Å². The molecule has 6 rings (SSSR count). The van der Waals surface area contributed by atoms with Gasteiger partial charge in [0.25, 0.3) is 17.0 Å². The van der Waals surface area contributed by atoms with Crippen LogP contribution in [-0.2, 0) is 18.4 Å². The van der Waals surface area contributed by atoms with Crippen LogP contribution < -0.4 is 21.3 Å². The highest BCUT2D eigenvalue weighted by Crippen LogP contribution is 2.36. The number of furan rings is 1. The Morgan fingerprint density at radius 2 is 1.80 bits per heavy atom. The first-order valence-corrected chi connectivity index (χ1v) is 13.5. The number of fused-ring (bicyclic) bond motifs is 1. The molecule has 4 aromatic heterocycles. The largest absolute Gasteiger partial charge is 0.467 e. The smallest absolute Gasteiger partial charge is 0.296 e. The molecule has 10 nitrogen and oxygen atoms in total. The Kier molecular flexibility index (Phi) is 6.48. The first-order chi connectivity index (χ1) is 19.3. The van der Waals surface area contributed by atoms with Crippen molar-refractivity contribution >= 4 is 57.4 Å². The molecule has 1 fully saturated rings. The molecule has 1 aliphatic heterocycles. The zero-order valence-electron chi connectivity index (χ0n) is 21.4. The van der Waals surface area contributed by atoms with Gasteiger partial charge in [-0.3, -0.25) is 28.4 Å². The van der Waals surface area contributed by atoms with Gasteiger partial charge in [-0.15, -0.1) is 0 Å². The highest BCUT2D eigenvalue weighted by molar-refractivity contribution is 8.27. The van der Waals surface area contributed by atoms with Gasteiger partial charge in [0.05, 0.1) is 34.7 Å². The van der Waals surface area contributed by atoms with E-state index < -0.39 is 5.91 Å². The van der Waals surface area contributed by atoms with Crippen LogP contribution in [0, 0.1) is 6.92 Å². The molecule has 0 saturated carbocycles. The molecule has 5 aromatic rings. The van der Waals surface area contributed by atoms with Crippen molar-refractivity contribution in [2.24, 2.45) is 7.05 Å². The molecule has 12 heteroatoms. The lowest BCUT2D eigenvalue weighted by Crippen LogP contribution is -2.33. The van der Waals surface area contributed by atoms with Crippen LogP contribution in [0.1, 0.15) is 17.0 Å². The van der Waals surface area contributed by atoms with Gasteiger partial charge in [-0.2, -0.15) is 0 Å². The molecule has 0 spiro atoms. The third kappa shape index (κ3) is 4.27. The molecular weight excluding hydrogens is 548 g/mol. The summed E-state index contributed by atoms with van der Waals surface area (Å²) in [6, 6.07) is 18.0. The van der Waals surface area contributed by atoms with Crippen LogP contribution in [0.2, 0.25) is 0 Å². The van der Waals surface area contributed by atoms with Crippen molar-refractivity contribution in [2.75, 3.05) is 10.2 Å². The lowest BCUT2D eigenvalue weighted by Gasteiger charge is -2.12. The highest BCUT2D eigenvalue weighted by atomic mass is 32.2. The zero-order chi connectivity index (χ0) is 28.0. The summed E-state index contributed by atoms with van der Waals surface area (Å²) in [6.45, 7) is 2.04. The summed E-state index contributed by atoms with van der Waals surface area (Å²) in [5.41, 5.74) is 1.29. The molecular formula is C28H22N6O4S2. The zero-order valence-corrected chi connectivity index (χ0v) is 23.0. The fraction of sp³-hybridized carbons (Fsp3) is 0.107. The fourth-order valence-corrected chi connectivity index (χ4v) is 5.81. The van der Waals surface area contributed by atoms with E-state index in [1.165, 1.54) is 20.1 Å². The molecule has 1 aliphatic rings. The van der Waals surface area contributed by atoms with E-state index in [0.29, 0.717) is 28.6 Å². The molecule has 0 radical (unpaired) electrons. The molecule has 1 saturated heterocycles. The van der Waals surface area contributed by atoms with Crippen LogP contribution >= 0.6 is 24.0 Å². The monoisotopic (exact) mass is 570 g/mol. The van der Waals surface area contributed by atoms with Crippen LogP contribution in [-0.4, -0.2) is 29.0 Å². The Bertz CT molecular complexity index is 1940. The number of rotatable bonds is 6. The van der Waals surface area contributed by atoms with Gasteiger partial charge in [0.2, 0.25) is 0 Å². The number of nitrogens with one attached hydrogen (secondary N) is 1. The summed E-state index contributed by atoms with van der Waals surface area (Å²) in [5.74, 6) is 0.456. The number of anilines is 2. The number of aromatic nitrogens is 4. The molecule has 1 aromatic carbocycles. The molecule has 1 N–H and O–H groups in total. The van der Waals surface area contributed by atoms with E-state index >= 15 is 0 Å². The first kappa shape index (κ1) is 25.6. The van der Waals surface area contributed by atoms with Gasteiger partial charge >= 0.3 is 0 Å². The van der Waals surface area contributed by atoms with E-state index in [9.17, 15) is 14.4 Å². The van der Waals surface area contributed by atoms with Crippen molar-refractivity contribution in [3.63, 3.8) is 0 Å². The van der Waals surface area contributed by atoms with E-state index in [4.69, 9.17) is 16.6 Å². The quantitative estimate of drug-likeness (QED) is 0.240. The minimum absolute atomic E-state index is 0.168. The van der Waals surface area contributed by atoms with Crippen LogP contribution in [0.4, 0.5) is 11.5 Å². The second kappa shape index (κ2) is 10.1.